The van der Waals surface area contributed by atoms with Crippen molar-refractivity contribution in [1.82, 2.24) is 9.78 Å². The first-order chi connectivity index (χ1) is 6.65. The van der Waals surface area contributed by atoms with E-state index in [1.165, 1.54) is 0 Å². The minimum Gasteiger partial charge on any atom is -0.382 e. The summed E-state index contributed by atoms with van der Waals surface area (Å²) in [6, 6.07) is 5.80. The summed E-state index contributed by atoms with van der Waals surface area (Å²) in [6.45, 7) is 1.98. The Morgan fingerprint density at radius 3 is 2.86 bits per heavy atom. The van der Waals surface area contributed by atoms with Crippen LogP contribution in [0.5, 0.6) is 0 Å². The van der Waals surface area contributed by atoms with Crippen molar-refractivity contribution in [2.75, 3.05) is 5.73 Å². The Labute approximate surface area is 81.5 Å². The molecule has 0 aliphatic rings. The largest absolute Gasteiger partial charge is 0.382 e. The molecule has 0 saturated carbocycles. The van der Waals surface area contributed by atoms with Gasteiger partial charge in [-0.25, -0.2) is 0 Å². The first kappa shape index (κ1) is 8.57. The maximum absolute atomic E-state index is 8.92. The fourth-order valence-electron chi connectivity index (χ4n) is 1.73. The normalized spacial score (nSPS) is 10.4. The van der Waals surface area contributed by atoms with Crippen LogP contribution in [0.4, 0.5) is 5.82 Å². The summed E-state index contributed by atoms with van der Waals surface area (Å²) in [5.74, 6) is 0.419. The number of hydrogen-bond acceptors (Lipinski definition) is 3. The van der Waals surface area contributed by atoms with Crippen LogP contribution in [0.3, 0.4) is 0 Å². The van der Waals surface area contributed by atoms with Crippen LogP contribution in [-0.2, 0) is 7.05 Å². The summed E-state index contributed by atoms with van der Waals surface area (Å²) >= 11 is 0. The molecule has 0 saturated heterocycles. The number of benzene rings is 1. The molecule has 1 aromatic heterocycles. The number of hydrogen-bond donors (Lipinski definition) is 1. The van der Waals surface area contributed by atoms with Crippen LogP contribution in [-0.4, -0.2) is 9.78 Å². The van der Waals surface area contributed by atoms with Crippen molar-refractivity contribution >= 4 is 16.7 Å². The zero-order valence-corrected chi connectivity index (χ0v) is 8.07. The van der Waals surface area contributed by atoms with Gasteiger partial charge in [-0.1, -0.05) is 6.07 Å². The number of rotatable bonds is 0. The van der Waals surface area contributed by atoms with Gasteiger partial charge in [0.05, 0.1) is 22.5 Å². The van der Waals surface area contributed by atoms with Gasteiger partial charge in [-0.3, -0.25) is 4.68 Å². The number of nitrogens with zero attached hydrogens (tertiary/aromatic N) is 3. The van der Waals surface area contributed by atoms with Crippen molar-refractivity contribution in [3.8, 4) is 6.07 Å². The Hall–Kier alpha value is -2.02. The Bertz CT molecular complexity index is 545. The van der Waals surface area contributed by atoms with Gasteiger partial charge in [-0.2, -0.15) is 10.4 Å². The smallest absolute Gasteiger partial charge is 0.154 e. The second kappa shape index (κ2) is 2.74. The summed E-state index contributed by atoms with van der Waals surface area (Å²) in [4.78, 5) is 0. The third-order valence-electron chi connectivity index (χ3n) is 2.34. The second-order valence-electron chi connectivity index (χ2n) is 3.27. The number of nitriles is 1. The van der Waals surface area contributed by atoms with Crippen LogP contribution in [0.1, 0.15) is 11.1 Å². The number of nitrogen functional groups attached to an aromatic ring is 1. The van der Waals surface area contributed by atoms with Gasteiger partial charge in [0.25, 0.3) is 0 Å². The lowest BCUT2D eigenvalue weighted by molar-refractivity contribution is 0.800. The minimum absolute atomic E-state index is 0.419. The Balaban J connectivity index is 3.04. The Morgan fingerprint density at radius 2 is 2.21 bits per heavy atom. The fraction of sp³-hybridized carbons (Fsp3) is 0.200. The molecular formula is C10H10N4. The lowest BCUT2D eigenvalue weighted by atomic mass is 10.1. The van der Waals surface area contributed by atoms with Crippen molar-refractivity contribution in [2.24, 2.45) is 7.05 Å². The predicted molar refractivity (Wildman–Crippen MR) is 54.6 cm³/mol. The zero-order valence-electron chi connectivity index (χ0n) is 8.07. The topological polar surface area (TPSA) is 67.6 Å². The molecule has 0 spiro atoms. The summed E-state index contributed by atoms with van der Waals surface area (Å²) in [7, 11) is 1.83. The monoisotopic (exact) mass is 186 g/mol. The third-order valence-corrected chi connectivity index (χ3v) is 2.34. The zero-order chi connectivity index (χ0) is 10.3. The van der Waals surface area contributed by atoms with Crippen LogP contribution in [0.15, 0.2) is 12.1 Å². The Kier molecular flexibility index (Phi) is 1.68. The van der Waals surface area contributed by atoms with Crippen LogP contribution < -0.4 is 5.73 Å². The van der Waals surface area contributed by atoms with E-state index in [0.29, 0.717) is 11.4 Å². The standard InChI is InChI=1S/C10H10N4/c1-6-3-4-7(5-11)8-9(6)14(2)13-10(8)12/h3-4H,1-2H3,(H2,12,13). The van der Waals surface area contributed by atoms with Gasteiger partial charge in [-0.05, 0) is 18.6 Å². The molecule has 0 aliphatic carbocycles. The van der Waals surface area contributed by atoms with Gasteiger partial charge >= 0.3 is 0 Å². The van der Waals surface area contributed by atoms with Crippen molar-refractivity contribution in [2.45, 2.75) is 6.92 Å². The highest BCUT2D eigenvalue weighted by molar-refractivity contribution is 5.95. The SMILES string of the molecule is Cc1ccc(C#N)c2c(N)nn(C)c12. The van der Waals surface area contributed by atoms with Gasteiger partial charge in [0, 0.05) is 7.05 Å². The molecule has 2 aromatic rings. The van der Waals surface area contributed by atoms with E-state index in [1.807, 2.05) is 20.0 Å². The molecule has 2 N–H and O–H groups in total. The van der Waals surface area contributed by atoms with Crippen molar-refractivity contribution in [3.05, 3.63) is 23.3 Å². The highest BCUT2D eigenvalue weighted by Crippen LogP contribution is 2.26. The maximum Gasteiger partial charge on any atom is 0.154 e. The molecule has 1 heterocycles. The minimum atomic E-state index is 0.419. The van der Waals surface area contributed by atoms with Crippen LogP contribution in [0, 0.1) is 18.3 Å². The van der Waals surface area contributed by atoms with E-state index in [4.69, 9.17) is 11.0 Å². The van der Waals surface area contributed by atoms with Gasteiger partial charge in [0.2, 0.25) is 0 Å². The second-order valence-corrected chi connectivity index (χ2v) is 3.27. The molecule has 1 aromatic carbocycles. The lowest BCUT2D eigenvalue weighted by Gasteiger charge is -1.99. The molecule has 0 bridgehead atoms. The molecular weight excluding hydrogens is 176 g/mol. The molecule has 2 rings (SSSR count). The van der Waals surface area contributed by atoms with E-state index < -0.39 is 0 Å². The Morgan fingerprint density at radius 1 is 1.50 bits per heavy atom. The van der Waals surface area contributed by atoms with E-state index in [-0.39, 0.29) is 0 Å². The highest BCUT2D eigenvalue weighted by atomic mass is 15.3. The average molecular weight is 186 g/mol. The van der Waals surface area contributed by atoms with E-state index in [0.717, 1.165) is 16.5 Å². The van der Waals surface area contributed by atoms with E-state index in [9.17, 15) is 0 Å². The summed E-state index contributed by atoms with van der Waals surface area (Å²) in [6.07, 6.45) is 0. The summed E-state index contributed by atoms with van der Waals surface area (Å²) < 4.78 is 1.71. The highest BCUT2D eigenvalue weighted by Gasteiger charge is 2.11. The summed E-state index contributed by atoms with van der Waals surface area (Å²) in [5.41, 5.74) is 8.33. The maximum atomic E-state index is 8.92. The summed E-state index contributed by atoms with van der Waals surface area (Å²) in [5, 5.41) is 13.8. The number of fused-ring (bicyclic) bond motifs is 1. The van der Waals surface area contributed by atoms with Crippen LogP contribution in [0.2, 0.25) is 0 Å². The van der Waals surface area contributed by atoms with Crippen molar-refractivity contribution in [3.63, 3.8) is 0 Å². The first-order valence-electron chi connectivity index (χ1n) is 4.27. The number of nitrogens with two attached hydrogens (primary N) is 1. The number of aromatic nitrogens is 2. The van der Waals surface area contributed by atoms with E-state index >= 15 is 0 Å². The number of anilines is 1. The molecule has 14 heavy (non-hydrogen) atoms. The molecule has 0 unspecified atom stereocenters. The van der Waals surface area contributed by atoms with Gasteiger partial charge in [0.1, 0.15) is 0 Å². The lowest BCUT2D eigenvalue weighted by Crippen LogP contribution is -1.92. The van der Waals surface area contributed by atoms with Gasteiger partial charge in [-0.15, -0.1) is 0 Å². The molecule has 0 amide bonds. The molecule has 0 aliphatic heterocycles. The molecule has 4 heteroatoms. The van der Waals surface area contributed by atoms with E-state index in [2.05, 4.69) is 11.2 Å². The average Bonchev–Trinajstić information content (AvgIpc) is 2.44. The van der Waals surface area contributed by atoms with Crippen molar-refractivity contribution < 1.29 is 0 Å². The third kappa shape index (κ3) is 0.958. The predicted octanol–water partition coefficient (Wildman–Crippen LogP) is 1.34. The van der Waals surface area contributed by atoms with Gasteiger partial charge in [0.15, 0.2) is 5.82 Å². The number of aryl methyl sites for hydroxylation is 2. The van der Waals surface area contributed by atoms with Gasteiger partial charge < -0.3 is 5.73 Å². The van der Waals surface area contributed by atoms with Crippen molar-refractivity contribution in [1.29, 1.82) is 5.26 Å². The molecule has 0 fully saturated rings. The van der Waals surface area contributed by atoms with Crippen LogP contribution >= 0.6 is 0 Å². The van der Waals surface area contributed by atoms with Crippen LogP contribution in [0.25, 0.3) is 10.9 Å². The molecule has 0 radical (unpaired) electrons. The fourth-order valence-corrected chi connectivity index (χ4v) is 1.73. The quantitative estimate of drug-likeness (QED) is 0.675. The molecule has 0 atom stereocenters. The van der Waals surface area contributed by atoms with E-state index in [1.54, 1.807) is 10.7 Å². The molecule has 4 nitrogen and oxygen atoms in total. The first-order valence-corrected chi connectivity index (χ1v) is 4.27. The molecule has 70 valence electrons.